The number of aliphatic carboxylic acids is 1. The largest absolute Gasteiger partial charge is 0.480 e. The molecule has 0 spiro atoms. The van der Waals surface area contributed by atoms with Gasteiger partial charge in [-0.1, -0.05) is 0 Å². The minimum absolute atomic E-state index is 0.945. The topological polar surface area (TPSA) is 232 Å². The predicted molar refractivity (Wildman–Crippen MR) is 98.1 cm³/mol. The van der Waals surface area contributed by atoms with Gasteiger partial charge in [-0.05, 0) is 27.7 Å². The zero-order valence-electron chi connectivity index (χ0n) is 16.6. The molecular formula is C16H30N4O9. The molecule has 0 aromatic heterocycles. The van der Waals surface area contributed by atoms with E-state index < -0.39 is 72.3 Å². The zero-order valence-corrected chi connectivity index (χ0v) is 16.6. The van der Waals surface area contributed by atoms with Crippen molar-refractivity contribution in [3.63, 3.8) is 0 Å². The van der Waals surface area contributed by atoms with Crippen molar-refractivity contribution in [2.75, 3.05) is 0 Å². The molecule has 0 heterocycles. The molecule has 0 bridgehead atoms. The molecule has 0 aromatic carbocycles. The van der Waals surface area contributed by atoms with Gasteiger partial charge in [-0.15, -0.1) is 0 Å². The summed E-state index contributed by atoms with van der Waals surface area (Å²) in [5.41, 5.74) is 5.46. The predicted octanol–water partition coefficient (Wildman–Crippen LogP) is -4.62. The number of rotatable bonds is 11. The summed E-state index contributed by atoms with van der Waals surface area (Å²) in [5, 5.41) is 53.6. The summed E-state index contributed by atoms with van der Waals surface area (Å²) in [7, 11) is 0. The summed E-state index contributed by atoms with van der Waals surface area (Å²) in [6.45, 7) is 4.68. The van der Waals surface area contributed by atoms with E-state index in [1.165, 1.54) is 13.8 Å². The van der Waals surface area contributed by atoms with Crippen LogP contribution in [0.1, 0.15) is 27.7 Å². The fourth-order valence-corrected chi connectivity index (χ4v) is 2.15. The molecule has 0 aromatic rings. The number of carbonyl (C=O) groups is 4. The summed E-state index contributed by atoms with van der Waals surface area (Å²) < 4.78 is 0. The Morgan fingerprint density at radius 3 is 1.21 bits per heavy atom. The third-order valence-electron chi connectivity index (χ3n) is 3.99. The van der Waals surface area contributed by atoms with Gasteiger partial charge in [0.25, 0.3) is 0 Å². The van der Waals surface area contributed by atoms with Crippen LogP contribution in [0.3, 0.4) is 0 Å². The number of carbonyl (C=O) groups excluding carboxylic acids is 3. The molecule has 0 radical (unpaired) electrons. The fourth-order valence-electron chi connectivity index (χ4n) is 2.15. The molecule has 168 valence electrons. The van der Waals surface area contributed by atoms with Crippen LogP contribution in [0.25, 0.3) is 0 Å². The number of carboxylic acids is 1. The van der Waals surface area contributed by atoms with Gasteiger partial charge < -0.3 is 47.2 Å². The van der Waals surface area contributed by atoms with Gasteiger partial charge in [0.1, 0.15) is 18.1 Å². The van der Waals surface area contributed by atoms with Crippen LogP contribution in [0, 0.1) is 0 Å². The first-order valence-corrected chi connectivity index (χ1v) is 8.82. The molecule has 10 N–H and O–H groups in total. The van der Waals surface area contributed by atoms with Crippen molar-refractivity contribution in [1.29, 1.82) is 0 Å². The molecule has 0 aliphatic heterocycles. The second kappa shape index (κ2) is 11.6. The van der Waals surface area contributed by atoms with E-state index >= 15 is 0 Å². The lowest BCUT2D eigenvalue weighted by atomic mass is 10.1. The Kier molecular flexibility index (Phi) is 10.7. The van der Waals surface area contributed by atoms with E-state index in [1.807, 2.05) is 5.32 Å². The quantitative estimate of drug-likeness (QED) is 0.154. The van der Waals surface area contributed by atoms with E-state index in [0.717, 1.165) is 13.8 Å². The van der Waals surface area contributed by atoms with Gasteiger partial charge in [0.2, 0.25) is 17.7 Å². The highest BCUT2D eigenvalue weighted by Crippen LogP contribution is 2.02. The monoisotopic (exact) mass is 422 g/mol. The van der Waals surface area contributed by atoms with Gasteiger partial charge >= 0.3 is 5.97 Å². The van der Waals surface area contributed by atoms with Crippen LogP contribution in [0.5, 0.6) is 0 Å². The Morgan fingerprint density at radius 2 is 0.931 bits per heavy atom. The van der Waals surface area contributed by atoms with Crippen molar-refractivity contribution in [1.82, 2.24) is 16.0 Å². The first-order valence-electron chi connectivity index (χ1n) is 8.82. The molecule has 0 fully saturated rings. The molecule has 13 heteroatoms. The van der Waals surface area contributed by atoms with Crippen molar-refractivity contribution in [3.8, 4) is 0 Å². The molecule has 29 heavy (non-hydrogen) atoms. The van der Waals surface area contributed by atoms with E-state index in [0.29, 0.717) is 0 Å². The van der Waals surface area contributed by atoms with Crippen LogP contribution in [-0.2, 0) is 19.2 Å². The number of aliphatic hydroxyl groups is 4. The zero-order chi connectivity index (χ0) is 23.0. The van der Waals surface area contributed by atoms with Gasteiger partial charge in [-0.3, -0.25) is 14.4 Å². The van der Waals surface area contributed by atoms with Gasteiger partial charge in [-0.2, -0.15) is 0 Å². The van der Waals surface area contributed by atoms with Gasteiger partial charge in [0.15, 0.2) is 6.04 Å². The minimum Gasteiger partial charge on any atom is -0.480 e. The number of nitrogens with two attached hydrogens (primary N) is 1. The SMILES string of the molecule is C[C@@H](O)[C@H](N)C(=O)N[C@H](C(=O)N[C@H](C(=O)N[C@H](C(=O)O)[C@@H](C)O)[C@@H](C)O)[C@@H](C)O. The van der Waals surface area contributed by atoms with E-state index in [1.54, 1.807) is 0 Å². The first-order chi connectivity index (χ1) is 13.2. The van der Waals surface area contributed by atoms with E-state index in [4.69, 9.17) is 10.8 Å². The number of hydrogen-bond donors (Lipinski definition) is 9. The lowest BCUT2D eigenvalue weighted by Crippen LogP contribution is -2.63. The molecule has 0 unspecified atom stereocenters. The van der Waals surface area contributed by atoms with E-state index in [-0.39, 0.29) is 0 Å². The molecule has 13 nitrogen and oxygen atoms in total. The van der Waals surface area contributed by atoms with E-state index in [9.17, 15) is 39.6 Å². The van der Waals surface area contributed by atoms with Crippen LogP contribution in [0.2, 0.25) is 0 Å². The Morgan fingerprint density at radius 1 is 0.621 bits per heavy atom. The third-order valence-corrected chi connectivity index (χ3v) is 3.99. The molecule has 0 saturated heterocycles. The van der Waals surface area contributed by atoms with Crippen molar-refractivity contribution in [2.45, 2.75) is 76.3 Å². The molecule has 3 amide bonds. The second-order valence-corrected chi connectivity index (χ2v) is 6.79. The van der Waals surface area contributed by atoms with Crippen molar-refractivity contribution in [3.05, 3.63) is 0 Å². The summed E-state index contributed by atoms with van der Waals surface area (Å²) in [4.78, 5) is 47.8. The number of amides is 3. The van der Waals surface area contributed by atoms with Crippen LogP contribution in [-0.4, -0.2) is 97.8 Å². The number of carboxylic acid groups (broad SMARTS) is 1. The van der Waals surface area contributed by atoms with Crippen LogP contribution in [0.15, 0.2) is 0 Å². The molecule has 8 atom stereocenters. The van der Waals surface area contributed by atoms with Gasteiger partial charge in [0.05, 0.1) is 24.4 Å². The third kappa shape index (κ3) is 8.29. The standard InChI is InChI=1S/C16H30N4O9/c1-5(21)9(17)13(25)18-10(6(2)22)14(26)19-11(7(3)23)15(27)20-12(8(4)24)16(28)29/h5-12,21-24H,17H2,1-4H3,(H,18,25)(H,19,26)(H,20,27)(H,28,29)/t5-,6-,7-,8-,9+,10+,11+,12+/m1/s1. The van der Waals surface area contributed by atoms with E-state index in [2.05, 4.69) is 10.6 Å². The van der Waals surface area contributed by atoms with Gasteiger partial charge in [0, 0.05) is 0 Å². The fraction of sp³-hybridized carbons (Fsp3) is 0.750. The maximum absolute atomic E-state index is 12.4. The Hall–Kier alpha value is -2.32. The lowest BCUT2D eigenvalue weighted by molar-refractivity contribution is -0.146. The normalized spacial score (nSPS) is 19.5. The minimum atomic E-state index is -1.70. The molecule has 0 saturated carbocycles. The maximum Gasteiger partial charge on any atom is 0.328 e. The number of hydrogen-bond acceptors (Lipinski definition) is 9. The number of nitrogens with one attached hydrogen (secondary N) is 3. The Bertz CT molecular complexity index is 595. The average molecular weight is 422 g/mol. The summed E-state index contributed by atoms with van der Waals surface area (Å²) in [6.07, 6.45) is -5.64. The molecular weight excluding hydrogens is 392 g/mol. The highest BCUT2D eigenvalue weighted by molar-refractivity contribution is 5.94. The first kappa shape index (κ1) is 26.7. The second-order valence-electron chi connectivity index (χ2n) is 6.79. The highest BCUT2D eigenvalue weighted by Gasteiger charge is 2.35. The maximum atomic E-state index is 12.4. The lowest BCUT2D eigenvalue weighted by Gasteiger charge is -2.28. The van der Waals surface area contributed by atoms with Crippen molar-refractivity contribution < 1.29 is 44.7 Å². The average Bonchev–Trinajstić information content (AvgIpc) is 2.59. The molecule has 0 aliphatic rings. The van der Waals surface area contributed by atoms with Crippen LogP contribution < -0.4 is 21.7 Å². The van der Waals surface area contributed by atoms with Crippen LogP contribution >= 0.6 is 0 Å². The van der Waals surface area contributed by atoms with Crippen molar-refractivity contribution >= 4 is 23.7 Å². The molecule has 0 rings (SSSR count). The summed E-state index contributed by atoms with van der Waals surface area (Å²) in [5.74, 6) is -4.67. The summed E-state index contributed by atoms with van der Waals surface area (Å²) in [6, 6.07) is -6.33. The van der Waals surface area contributed by atoms with Crippen molar-refractivity contribution in [2.24, 2.45) is 5.73 Å². The molecule has 0 aliphatic carbocycles. The smallest absolute Gasteiger partial charge is 0.328 e. The van der Waals surface area contributed by atoms with Gasteiger partial charge in [-0.25, -0.2) is 4.79 Å². The Balaban J connectivity index is 5.37. The number of aliphatic hydroxyl groups excluding tert-OH is 4. The summed E-state index contributed by atoms with van der Waals surface area (Å²) >= 11 is 0. The highest BCUT2D eigenvalue weighted by atomic mass is 16.4. The van der Waals surface area contributed by atoms with Crippen LogP contribution in [0.4, 0.5) is 0 Å². The Labute approximate surface area is 167 Å².